The molecule has 1 N–H and O–H groups in total. The van der Waals surface area contributed by atoms with E-state index in [4.69, 9.17) is 4.74 Å². The van der Waals surface area contributed by atoms with Crippen molar-refractivity contribution in [2.24, 2.45) is 0 Å². The van der Waals surface area contributed by atoms with E-state index >= 15 is 0 Å². The highest BCUT2D eigenvalue weighted by Crippen LogP contribution is 2.28. The Morgan fingerprint density at radius 3 is 2.77 bits per heavy atom. The van der Waals surface area contributed by atoms with Crippen LogP contribution in [0.15, 0.2) is 23.1 Å². The normalized spacial score (nSPS) is 10.1. The number of hydrogen-bond donors (Lipinski definition) is 1. The lowest BCUT2D eigenvalue weighted by Gasteiger charge is -2.08. The predicted octanol–water partition coefficient (Wildman–Crippen LogP) is 2.14. The highest BCUT2D eigenvalue weighted by molar-refractivity contribution is 7.98. The van der Waals surface area contributed by atoms with Gasteiger partial charge < -0.3 is 10.1 Å². The Balaban J connectivity index is 2.91. The fourth-order valence-electron chi connectivity index (χ4n) is 1.19. The van der Waals surface area contributed by atoms with Crippen LogP contribution in [0.3, 0.4) is 0 Å². The van der Waals surface area contributed by atoms with Gasteiger partial charge in [0.25, 0.3) is 0 Å². The van der Waals surface area contributed by atoms with Crippen LogP contribution in [0.2, 0.25) is 0 Å². The smallest absolute Gasteiger partial charge is 0.132 e. The van der Waals surface area contributed by atoms with Crippen molar-refractivity contribution in [1.82, 2.24) is 5.32 Å². The molecule has 0 heterocycles. The van der Waals surface area contributed by atoms with Gasteiger partial charge >= 0.3 is 0 Å². The molecule has 0 spiro atoms. The van der Waals surface area contributed by atoms with Gasteiger partial charge in [0.1, 0.15) is 5.75 Å². The number of nitrogens with one attached hydrogen (secondary N) is 1. The zero-order chi connectivity index (χ0) is 9.68. The molecule has 0 aliphatic carbocycles. The van der Waals surface area contributed by atoms with Crippen LogP contribution in [0.5, 0.6) is 5.75 Å². The Kier molecular flexibility index (Phi) is 4.12. The number of benzene rings is 1. The first kappa shape index (κ1) is 10.4. The molecule has 1 rings (SSSR count). The maximum absolute atomic E-state index is 5.23. The van der Waals surface area contributed by atoms with Gasteiger partial charge in [-0.2, -0.15) is 0 Å². The van der Waals surface area contributed by atoms with Crippen molar-refractivity contribution in [1.29, 1.82) is 0 Å². The summed E-state index contributed by atoms with van der Waals surface area (Å²) in [6.07, 6.45) is 2.06. The summed E-state index contributed by atoms with van der Waals surface area (Å²) < 4.78 is 5.23. The molecule has 1 aromatic carbocycles. The molecule has 0 saturated carbocycles. The molecular formula is C10H15NOS. The maximum atomic E-state index is 5.23. The van der Waals surface area contributed by atoms with Gasteiger partial charge in [-0.05, 0) is 31.0 Å². The van der Waals surface area contributed by atoms with Gasteiger partial charge in [0.2, 0.25) is 0 Å². The number of methoxy groups -OCH3 is 1. The first-order valence-electron chi connectivity index (χ1n) is 4.17. The molecule has 0 aliphatic heterocycles. The lowest BCUT2D eigenvalue weighted by atomic mass is 10.2. The Hall–Kier alpha value is -0.670. The van der Waals surface area contributed by atoms with E-state index in [-0.39, 0.29) is 0 Å². The molecule has 0 radical (unpaired) electrons. The van der Waals surface area contributed by atoms with E-state index in [1.807, 2.05) is 13.1 Å². The van der Waals surface area contributed by atoms with Crippen molar-refractivity contribution < 1.29 is 4.74 Å². The van der Waals surface area contributed by atoms with Crippen LogP contribution in [0, 0.1) is 0 Å². The van der Waals surface area contributed by atoms with Crippen LogP contribution in [-0.2, 0) is 6.54 Å². The van der Waals surface area contributed by atoms with Crippen LogP contribution in [0.25, 0.3) is 0 Å². The maximum Gasteiger partial charge on any atom is 0.132 e. The number of ether oxygens (including phenoxy) is 1. The average Bonchev–Trinajstić information content (AvgIpc) is 2.18. The summed E-state index contributed by atoms with van der Waals surface area (Å²) in [4.78, 5) is 1.19. The minimum atomic E-state index is 0.900. The van der Waals surface area contributed by atoms with Gasteiger partial charge in [-0.25, -0.2) is 0 Å². The van der Waals surface area contributed by atoms with Crippen molar-refractivity contribution in [3.05, 3.63) is 23.8 Å². The third-order valence-electron chi connectivity index (χ3n) is 1.83. The fourth-order valence-corrected chi connectivity index (χ4v) is 1.82. The lowest BCUT2D eigenvalue weighted by Crippen LogP contribution is -2.04. The monoisotopic (exact) mass is 197 g/mol. The molecule has 0 aromatic heterocycles. The van der Waals surface area contributed by atoms with Crippen molar-refractivity contribution in [3.8, 4) is 5.75 Å². The molecule has 0 bridgehead atoms. The highest BCUT2D eigenvalue weighted by atomic mass is 32.2. The summed E-state index contributed by atoms with van der Waals surface area (Å²) >= 11 is 1.71. The summed E-state index contributed by atoms with van der Waals surface area (Å²) in [6.45, 7) is 0.900. The van der Waals surface area contributed by atoms with E-state index in [0.29, 0.717) is 0 Å². The molecule has 3 heteroatoms. The molecule has 0 saturated heterocycles. The fraction of sp³-hybridized carbons (Fsp3) is 0.400. The third kappa shape index (κ3) is 2.64. The summed E-state index contributed by atoms with van der Waals surface area (Å²) in [5.41, 5.74) is 1.28. The molecular weight excluding hydrogens is 182 g/mol. The van der Waals surface area contributed by atoms with Crippen LogP contribution < -0.4 is 10.1 Å². The molecule has 72 valence electrons. The Morgan fingerprint density at radius 1 is 1.46 bits per heavy atom. The molecule has 0 amide bonds. The SMILES string of the molecule is CNCc1ccc(OC)c(SC)c1. The minimum absolute atomic E-state index is 0.900. The highest BCUT2D eigenvalue weighted by Gasteiger charge is 2.01. The van der Waals surface area contributed by atoms with Crippen LogP contribution in [-0.4, -0.2) is 20.4 Å². The van der Waals surface area contributed by atoms with Gasteiger partial charge in [-0.1, -0.05) is 6.07 Å². The summed E-state index contributed by atoms with van der Waals surface area (Å²) in [5, 5.41) is 3.12. The van der Waals surface area contributed by atoms with E-state index < -0.39 is 0 Å². The van der Waals surface area contributed by atoms with Crippen molar-refractivity contribution in [2.45, 2.75) is 11.4 Å². The van der Waals surface area contributed by atoms with E-state index in [9.17, 15) is 0 Å². The molecule has 0 unspecified atom stereocenters. The van der Waals surface area contributed by atoms with Crippen LogP contribution in [0.1, 0.15) is 5.56 Å². The van der Waals surface area contributed by atoms with E-state index in [0.717, 1.165) is 12.3 Å². The van der Waals surface area contributed by atoms with Gasteiger partial charge in [0.15, 0.2) is 0 Å². The van der Waals surface area contributed by atoms with E-state index in [1.54, 1.807) is 18.9 Å². The van der Waals surface area contributed by atoms with Gasteiger partial charge in [0, 0.05) is 11.4 Å². The van der Waals surface area contributed by atoms with E-state index in [1.165, 1.54) is 10.5 Å². The molecule has 0 fully saturated rings. The number of rotatable bonds is 4. The lowest BCUT2D eigenvalue weighted by molar-refractivity contribution is 0.404. The quantitative estimate of drug-likeness (QED) is 0.747. The summed E-state index contributed by atoms with van der Waals surface area (Å²) in [6, 6.07) is 6.24. The molecule has 1 aromatic rings. The van der Waals surface area contributed by atoms with E-state index in [2.05, 4.69) is 23.7 Å². The second-order valence-electron chi connectivity index (χ2n) is 2.72. The van der Waals surface area contributed by atoms with Gasteiger partial charge in [-0.15, -0.1) is 11.8 Å². The van der Waals surface area contributed by atoms with Crippen molar-refractivity contribution in [2.75, 3.05) is 20.4 Å². The predicted molar refractivity (Wildman–Crippen MR) is 57.5 cm³/mol. The Bertz CT molecular complexity index is 276. The standard InChI is InChI=1S/C10H15NOS/c1-11-7-8-4-5-9(12-2)10(6-8)13-3/h4-6,11H,7H2,1-3H3. The van der Waals surface area contributed by atoms with Gasteiger partial charge in [0.05, 0.1) is 7.11 Å². The first-order valence-corrected chi connectivity index (χ1v) is 5.39. The average molecular weight is 197 g/mol. The molecule has 0 atom stereocenters. The topological polar surface area (TPSA) is 21.3 Å². The van der Waals surface area contributed by atoms with Crippen LogP contribution >= 0.6 is 11.8 Å². The molecule has 13 heavy (non-hydrogen) atoms. The molecule has 2 nitrogen and oxygen atoms in total. The Morgan fingerprint density at radius 2 is 2.23 bits per heavy atom. The molecule has 0 aliphatic rings. The number of thioether (sulfide) groups is 1. The second kappa shape index (κ2) is 5.14. The second-order valence-corrected chi connectivity index (χ2v) is 3.57. The van der Waals surface area contributed by atoms with Gasteiger partial charge in [-0.3, -0.25) is 0 Å². The Labute approximate surface area is 83.7 Å². The zero-order valence-corrected chi connectivity index (χ0v) is 9.07. The third-order valence-corrected chi connectivity index (χ3v) is 2.59. The van der Waals surface area contributed by atoms with Crippen molar-refractivity contribution >= 4 is 11.8 Å². The van der Waals surface area contributed by atoms with Crippen molar-refractivity contribution in [3.63, 3.8) is 0 Å². The summed E-state index contributed by atoms with van der Waals surface area (Å²) in [5.74, 6) is 0.951. The minimum Gasteiger partial charge on any atom is -0.496 e. The van der Waals surface area contributed by atoms with Crippen LogP contribution in [0.4, 0.5) is 0 Å². The zero-order valence-electron chi connectivity index (χ0n) is 8.26. The summed E-state index contributed by atoms with van der Waals surface area (Å²) in [7, 11) is 3.65. The first-order chi connectivity index (χ1) is 6.31. The largest absolute Gasteiger partial charge is 0.496 e. The number of hydrogen-bond acceptors (Lipinski definition) is 3.